The lowest BCUT2D eigenvalue weighted by atomic mass is 10.3. The second-order valence-corrected chi connectivity index (χ2v) is 6.72. The average Bonchev–Trinajstić information content (AvgIpc) is 2.81. The van der Waals surface area contributed by atoms with Gasteiger partial charge in [-0.15, -0.1) is 0 Å². The molecule has 0 bridgehead atoms. The molecular weight excluding hydrogens is 298 g/mol. The summed E-state index contributed by atoms with van der Waals surface area (Å²) in [7, 11) is -3.19. The Balaban J connectivity index is 2.14. The Bertz CT molecular complexity index is 886. The van der Waals surface area contributed by atoms with Crippen molar-refractivity contribution in [2.45, 2.75) is 4.90 Å². The van der Waals surface area contributed by atoms with Gasteiger partial charge in [0.05, 0.1) is 4.90 Å². The van der Waals surface area contributed by atoms with Crippen LogP contribution in [0.4, 0.5) is 0 Å². The maximum absolute atomic E-state index is 11.4. The first-order valence-electron chi connectivity index (χ1n) is 5.75. The van der Waals surface area contributed by atoms with Gasteiger partial charge in [0, 0.05) is 29.7 Å². The van der Waals surface area contributed by atoms with Crippen LogP contribution in [0, 0.1) is 0 Å². The van der Waals surface area contributed by atoms with Crippen molar-refractivity contribution in [3.05, 3.63) is 48.0 Å². The Morgan fingerprint density at radius 1 is 1.15 bits per heavy atom. The van der Waals surface area contributed by atoms with E-state index in [1.54, 1.807) is 30.5 Å². The lowest BCUT2D eigenvalue weighted by Crippen LogP contribution is -1.99. The zero-order valence-electron chi connectivity index (χ0n) is 10.5. The fourth-order valence-corrected chi connectivity index (χ4v) is 2.72. The van der Waals surface area contributed by atoms with Crippen molar-refractivity contribution >= 4 is 32.5 Å². The van der Waals surface area contributed by atoms with Crippen molar-refractivity contribution in [1.29, 1.82) is 0 Å². The first-order valence-corrected chi connectivity index (χ1v) is 8.02. The molecule has 0 N–H and O–H groups in total. The normalized spacial score (nSPS) is 11.9. The van der Waals surface area contributed by atoms with Crippen LogP contribution in [0.2, 0.25) is 5.28 Å². The maximum Gasteiger partial charge on any atom is 0.224 e. The number of aromatic nitrogens is 3. The number of rotatable bonds is 2. The molecule has 0 spiro atoms. The minimum Gasteiger partial charge on any atom is -0.301 e. The van der Waals surface area contributed by atoms with Crippen molar-refractivity contribution in [3.8, 4) is 5.69 Å². The number of sulfone groups is 1. The third-order valence-corrected chi connectivity index (χ3v) is 4.25. The van der Waals surface area contributed by atoms with Crippen molar-refractivity contribution < 1.29 is 8.42 Å². The molecule has 5 nitrogen and oxygen atoms in total. The van der Waals surface area contributed by atoms with Gasteiger partial charge in [-0.1, -0.05) is 0 Å². The molecule has 0 amide bonds. The predicted octanol–water partition coefficient (Wildman–Crippen LogP) is 2.48. The summed E-state index contributed by atoms with van der Waals surface area (Å²) in [5.74, 6) is 0. The second-order valence-electron chi connectivity index (χ2n) is 4.37. The monoisotopic (exact) mass is 307 g/mol. The van der Waals surface area contributed by atoms with Crippen LogP contribution in [-0.2, 0) is 9.84 Å². The van der Waals surface area contributed by atoms with E-state index in [0.29, 0.717) is 5.65 Å². The molecule has 0 aliphatic heterocycles. The molecule has 2 aromatic heterocycles. The van der Waals surface area contributed by atoms with Gasteiger partial charge in [0.2, 0.25) is 5.28 Å². The molecule has 7 heteroatoms. The highest BCUT2D eigenvalue weighted by Gasteiger charge is 2.09. The van der Waals surface area contributed by atoms with Gasteiger partial charge >= 0.3 is 0 Å². The molecule has 20 heavy (non-hydrogen) atoms. The summed E-state index contributed by atoms with van der Waals surface area (Å²) in [5.41, 5.74) is 1.49. The summed E-state index contributed by atoms with van der Waals surface area (Å²) in [4.78, 5) is 8.39. The first kappa shape index (κ1) is 13.1. The standard InChI is InChI=1S/C13H10ClN3O2S/c1-20(18,19)11-4-2-10(3-5-11)17-7-6-9-8-15-13(14)16-12(9)17/h2-8H,1H3. The Labute approximate surface area is 120 Å². The summed E-state index contributed by atoms with van der Waals surface area (Å²) in [6.45, 7) is 0. The molecule has 102 valence electrons. The Morgan fingerprint density at radius 3 is 2.50 bits per heavy atom. The van der Waals surface area contributed by atoms with Gasteiger partial charge in [-0.05, 0) is 41.9 Å². The van der Waals surface area contributed by atoms with Gasteiger partial charge in [0.1, 0.15) is 5.65 Å². The van der Waals surface area contributed by atoms with E-state index in [1.807, 2.05) is 16.8 Å². The Hall–Kier alpha value is -1.92. The zero-order valence-corrected chi connectivity index (χ0v) is 12.1. The smallest absolute Gasteiger partial charge is 0.224 e. The molecule has 0 fully saturated rings. The van der Waals surface area contributed by atoms with Gasteiger partial charge in [-0.25, -0.2) is 13.4 Å². The van der Waals surface area contributed by atoms with Crippen LogP contribution in [0.1, 0.15) is 0 Å². The van der Waals surface area contributed by atoms with E-state index < -0.39 is 9.84 Å². The SMILES string of the molecule is CS(=O)(=O)c1ccc(-n2ccc3cnc(Cl)nc32)cc1. The lowest BCUT2D eigenvalue weighted by molar-refractivity contribution is 0.602. The number of hydrogen-bond acceptors (Lipinski definition) is 4. The molecule has 1 aromatic carbocycles. The average molecular weight is 308 g/mol. The number of fused-ring (bicyclic) bond motifs is 1. The van der Waals surface area contributed by atoms with Crippen LogP contribution in [0.25, 0.3) is 16.7 Å². The highest BCUT2D eigenvalue weighted by atomic mass is 35.5. The topological polar surface area (TPSA) is 64.8 Å². The van der Waals surface area contributed by atoms with Crippen LogP contribution in [-0.4, -0.2) is 29.2 Å². The maximum atomic E-state index is 11.4. The van der Waals surface area contributed by atoms with Crippen molar-refractivity contribution in [1.82, 2.24) is 14.5 Å². The van der Waals surface area contributed by atoms with Gasteiger partial charge < -0.3 is 4.57 Å². The van der Waals surface area contributed by atoms with Gasteiger partial charge in [-0.3, -0.25) is 0 Å². The van der Waals surface area contributed by atoms with Crippen LogP contribution >= 0.6 is 11.6 Å². The van der Waals surface area contributed by atoms with Crippen molar-refractivity contribution in [2.75, 3.05) is 6.26 Å². The molecule has 0 saturated carbocycles. The largest absolute Gasteiger partial charge is 0.301 e. The first-order chi connectivity index (χ1) is 9.45. The molecule has 3 rings (SSSR count). The fourth-order valence-electron chi connectivity index (χ4n) is 1.96. The number of nitrogens with zero attached hydrogens (tertiary/aromatic N) is 3. The van der Waals surface area contributed by atoms with E-state index in [9.17, 15) is 8.42 Å². The third kappa shape index (κ3) is 2.28. The zero-order chi connectivity index (χ0) is 14.3. The summed E-state index contributed by atoms with van der Waals surface area (Å²) in [6.07, 6.45) is 4.66. The summed E-state index contributed by atoms with van der Waals surface area (Å²) in [5, 5.41) is 1.03. The van der Waals surface area contributed by atoms with E-state index in [-0.39, 0.29) is 10.2 Å². The van der Waals surface area contributed by atoms with Gasteiger partial charge in [0.25, 0.3) is 0 Å². The molecular formula is C13H10ClN3O2S. The molecule has 0 aliphatic carbocycles. The predicted molar refractivity (Wildman–Crippen MR) is 77.0 cm³/mol. The lowest BCUT2D eigenvalue weighted by Gasteiger charge is -2.05. The molecule has 2 heterocycles. The molecule has 0 aliphatic rings. The van der Waals surface area contributed by atoms with Gasteiger partial charge in [-0.2, -0.15) is 4.98 Å². The summed E-state index contributed by atoms with van der Waals surface area (Å²) >= 11 is 5.81. The number of benzene rings is 1. The Morgan fingerprint density at radius 2 is 1.85 bits per heavy atom. The number of hydrogen-bond donors (Lipinski definition) is 0. The van der Waals surface area contributed by atoms with E-state index >= 15 is 0 Å². The quantitative estimate of drug-likeness (QED) is 0.682. The van der Waals surface area contributed by atoms with Crippen LogP contribution < -0.4 is 0 Å². The van der Waals surface area contributed by atoms with E-state index in [4.69, 9.17) is 11.6 Å². The third-order valence-electron chi connectivity index (χ3n) is 2.94. The highest BCUT2D eigenvalue weighted by Crippen LogP contribution is 2.20. The van der Waals surface area contributed by atoms with Crippen LogP contribution in [0.15, 0.2) is 47.6 Å². The minimum atomic E-state index is -3.19. The van der Waals surface area contributed by atoms with E-state index in [1.165, 1.54) is 6.26 Å². The van der Waals surface area contributed by atoms with E-state index in [0.717, 1.165) is 11.1 Å². The second kappa shape index (κ2) is 4.57. The van der Waals surface area contributed by atoms with E-state index in [2.05, 4.69) is 9.97 Å². The highest BCUT2D eigenvalue weighted by molar-refractivity contribution is 7.90. The van der Waals surface area contributed by atoms with Crippen LogP contribution in [0.5, 0.6) is 0 Å². The fraction of sp³-hybridized carbons (Fsp3) is 0.0769. The van der Waals surface area contributed by atoms with Crippen LogP contribution in [0.3, 0.4) is 0 Å². The summed E-state index contributed by atoms with van der Waals surface area (Å²) in [6, 6.07) is 8.46. The molecule has 0 atom stereocenters. The Kier molecular flexibility index (Phi) is 2.99. The number of halogens is 1. The molecule has 3 aromatic rings. The van der Waals surface area contributed by atoms with Crippen molar-refractivity contribution in [3.63, 3.8) is 0 Å². The molecule has 0 saturated heterocycles. The summed E-state index contributed by atoms with van der Waals surface area (Å²) < 4.78 is 24.7. The molecule has 0 radical (unpaired) electrons. The van der Waals surface area contributed by atoms with Crippen molar-refractivity contribution in [2.24, 2.45) is 0 Å². The van der Waals surface area contributed by atoms with Gasteiger partial charge in [0.15, 0.2) is 9.84 Å². The molecule has 0 unspecified atom stereocenters. The minimum absolute atomic E-state index is 0.171.